The average Bonchev–Trinajstić information content (AvgIpc) is 2.51. The second-order valence-electron chi connectivity index (χ2n) is 5.18. The quantitative estimate of drug-likeness (QED) is 0.844. The lowest BCUT2D eigenvalue weighted by atomic mass is 10.1. The minimum Gasteiger partial charge on any atom is -0.394 e. The van der Waals surface area contributed by atoms with E-state index in [0.29, 0.717) is 0 Å². The van der Waals surface area contributed by atoms with E-state index in [1.807, 2.05) is 0 Å². The molecule has 2 N–H and O–H groups in total. The standard InChI is InChI=1S/C15H18FN3O3/c1-10(9-20)17-15(22)13-6-7-14(21)19(18-13)8-11-2-4-12(16)5-3-11/h2-5,10,20H,6-9H2,1H3,(H,17,22)/t10-/m1/s1. The number of rotatable bonds is 5. The Morgan fingerprint density at radius 2 is 2.09 bits per heavy atom. The lowest BCUT2D eigenvalue weighted by Gasteiger charge is -2.23. The molecular formula is C15H18FN3O3. The summed E-state index contributed by atoms with van der Waals surface area (Å²) in [7, 11) is 0. The number of hydrogen-bond donors (Lipinski definition) is 2. The zero-order valence-electron chi connectivity index (χ0n) is 12.3. The van der Waals surface area contributed by atoms with Gasteiger partial charge < -0.3 is 10.4 Å². The molecule has 22 heavy (non-hydrogen) atoms. The van der Waals surface area contributed by atoms with Gasteiger partial charge in [0.05, 0.1) is 13.2 Å². The Morgan fingerprint density at radius 3 is 2.73 bits per heavy atom. The SMILES string of the molecule is C[C@H](CO)NC(=O)C1=NN(Cc2ccc(F)cc2)C(=O)CC1. The van der Waals surface area contributed by atoms with Crippen molar-refractivity contribution in [3.8, 4) is 0 Å². The topological polar surface area (TPSA) is 82.0 Å². The number of amides is 2. The van der Waals surface area contributed by atoms with Gasteiger partial charge in [-0.2, -0.15) is 5.10 Å². The summed E-state index contributed by atoms with van der Waals surface area (Å²) < 4.78 is 12.9. The van der Waals surface area contributed by atoms with Crippen LogP contribution in [-0.2, 0) is 16.1 Å². The fourth-order valence-corrected chi connectivity index (χ4v) is 2.00. The number of aliphatic hydroxyl groups is 1. The van der Waals surface area contributed by atoms with Crippen molar-refractivity contribution in [2.45, 2.75) is 32.4 Å². The van der Waals surface area contributed by atoms with Crippen molar-refractivity contribution in [2.24, 2.45) is 5.10 Å². The lowest BCUT2D eigenvalue weighted by molar-refractivity contribution is -0.132. The Hall–Kier alpha value is -2.28. The van der Waals surface area contributed by atoms with E-state index in [2.05, 4.69) is 10.4 Å². The molecule has 0 saturated heterocycles. The molecule has 0 aliphatic carbocycles. The van der Waals surface area contributed by atoms with Gasteiger partial charge >= 0.3 is 0 Å². The molecule has 1 aliphatic heterocycles. The monoisotopic (exact) mass is 307 g/mol. The molecule has 6 nitrogen and oxygen atoms in total. The molecule has 1 aromatic rings. The molecule has 0 radical (unpaired) electrons. The lowest BCUT2D eigenvalue weighted by Crippen LogP contribution is -2.43. The van der Waals surface area contributed by atoms with E-state index in [4.69, 9.17) is 5.11 Å². The van der Waals surface area contributed by atoms with Crippen LogP contribution in [0, 0.1) is 5.82 Å². The first kappa shape index (κ1) is 16.1. The number of carbonyl (C=O) groups is 2. The van der Waals surface area contributed by atoms with Gasteiger partial charge in [0, 0.05) is 18.9 Å². The summed E-state index contributed by atoms with van der Waals surface area (Å²) in [6, 6.07) is 5.38. The summed E-state index contributed by atoms with van der Waals surface area (Å²) in [5.41, 5.74) is 0.978. The second kappa shape index (κ2) is 7.13. The normalized spacial score (nSPS) is 16.2. The van der Waals surface area contributed by atoms with Gasteiger partial charge in [0.1, 0.15) is 11.5 Å². The number of nitrogens with zero attached hydrogens (tertiary/aromatic N) is 2. The van der Waals surface area contributed by atoms with E-state index in [-0.39, 0.29) is 49.5 Å². The predicted molar refractivity (Wildman–Crippen MR) is 78.3 cm³/mol. The fraction of sp³-hybridized carbons (Fsp3) is 0.400. The fourth-order valence-electron chi connectivity index (χ4n) is 2.00. The van der Waals surface area contributed by atoms with Crippen molar-refractivity contribution >= 4 is 17.5 Å². The third kappa shape index (κ3) is 4.11. The van der Waals surface area contributed by atoms with Crippen molar-refractivity contribution in [2.75, 3.05) is 6.61 Å². The molecule has 1 aromatic carbocycles. The highest BCUT2D eigenvalue weighted by atomic mass is 19.1. The van der Waals surface area contributed by atoms with E-state index in [0.717, 1.165) is 5.56 Å². The van der Waals surface area contributed by atoms with Gasteiger partial charge in [-0.3, -0.25) is 9.59 Å². The molecule has 7 heteroatoms. The third-order valence-corrected chi connectivity index (χ3v) is 3.26. The van der Waals surface area contributed by atoms with Gasteiger partial charge in [-0.05, 0) is 24.6 Å². The van der Waals surface area contributed by atoms with Gasteiger partial charge in [-0.15, -0.1) is 0 Å². The zero-order chi connectivity index (χ0) is 16.1. The number of carbonyl (C=O) groups excluding carboxylic acids is 2. The van der Waals surface area contributed by atoms with Crippen LogP contribution in [-0.4, -0.2) is 40.3 Å². The van der Waals surface area contributed by atoms with Crippen LogP contribution in [0.25, 0.3) is 0 Å². The van der Waals surface area contributed by atoms with Crippen LogP contribution < -0.4 is 5.32 Å². The number of nitrogens with one attached hydrogen (secondary N) is 1. The van der Waals surface area contributed by atoms with Crippen LogP contribution in [0.1, 0.15) is 25.3 Å². The highest BCUT2D eigenvalue weighted by Crippen LogP contribution is 2.14. The van der Waals surface area contributed by atoms with E-state index in [9.17, 15) is 14.0 Å². The van der Waals surface area contributed by atoms with Crippen LogP contribution in [0.4, 0.5) is 4.39 Å². The van der Waals surface area contributed by atoms with Crippen LogP contribution >= 0.6 is 0 Å². The van der Waals surface area contributed by atoms with E-state index < -0.39 is 5.91 Å². The number of hydrazone groups is 1. The van der Waals surface area contributed by atoms with Crippen LogP contribution in [0.3, 0.4) is 0 Å². The molecule has 0 spiro atoms. The Morgan fingerprint density at radius 1 is 1.41 bits per heavy atom. The Labute approximate surface area is 127 Å². The number of benzene rings is 1. The molecule has 0 saturated carbocycles. The van der Waals surface area contributed by atoms with Gasteiger partial charge in [0.25, 0.3) is 5.91 Å². The largest absolute Gasteiger partial charge is 0.394 e. The Kier molecular flexibility index (Phi) is 5.21. The van der Waals surface area contributed by atoms with Crippen molar-refractivity contribution in [1.82, 2.24) is 10.3 Å². The van der Waals surface area contributed by atoms with Gasteiger partial charge in [0.15, 0.2) is 0 Å². The predicted octanol–water partition coefficient (Wildman–Crippen LogP) is 0.801. The smallest absolute Gasteiger partial charge is 0.267 e. The summed E-state index contributed by atoms with van der Waals surface area (Å²) >= 11 is 0. The maximum Gasteiger partial charge on any atom is 0.267 e. The van der Waals surface area contributed by atoms with Gasteiger partial charge in [-0.1, -0.05) is 12.1 Å². The van der Waals surface area contributed by atoms with Crippen molar-refractivity contribution in [1.29, 1.82) is 0 Å². The van der Waals surface area contributed by atoms with E-state index in [1.54, 1.807) is 19.1 Å². The molecule has 118 valence electrons. The first-order chi connectivity index (χ1) is 10.5. The van der Waals surface area contributed by atoms with E-state index in [1.165, 1.54) is 17.1 Å². The van der Waals surface area contributed by atoms with Crippen molar-refractivity contribution in [3.63, 3.8) is 0 Å². The summed E-state index contributed by atoms with van der Waals surface area (Å²) in [5.74, 6) is -0.926. The summed E-state index contributed by atoms with van der Waals surface area (Å²) in [6.07, 6.45) is 0.462. The van der Waals surface area contributed by atoms with Crippen molar-refractivity contribution < 1.29 is 19.1 Å². The Bertz CT molecular complexity index is 586. The summed E-state index contributed by atoms with van der Waals surface area (Å²) in [6.45, 7) is 1.69. The Balaban J connectivity index is 2.08. The molecule has 0 aromatic heterocycles. The molecule has 2 rings (SSSR count). The molecule has 1 atom stereocenters. The summed E-state index contributed by atoms with van der Waals surface area (Å²) in [4.78, 5) is 23.9. The number of halogens is 1. The highest BCUT2D eigenvalue weighted by Gasteiger charge is 2.25. The molecule has 0 fully saturated rings. The zero-order valence-corrected chi connectivity index (χ0v) is 12.3. The maximum atomic E-state index is 12.9. The van der Waals surface area contributed by atoms with Crippen LogP contribution in [0.2, 0.25) is 0 Å². The maximum absolute atomic E-state index is 12.9. The number of aliphatic hydroxyl groups excluding tert-OH is 1. The summed E-state index contributed by atoms with van der Waals surface area (Å²) in [5, 5.41) is 16.8. The number of hydrogen-bond acceptors (Lipinski definition) is 4. The van der Waals surface area contributed by atoms with Crippen LogP contribution in [0.5, 0.6) is 0 Å². The molecule has 1 heterocycles. The molecule has 0 bridgehead atoms. The van der Waals surface area contributed by atoms with Gasteiger partial charge in [-0.25, -0.2) is 9.40 Å². The second-order valence-corrected chi connectivity index (χ2v) is 5.18. The minimum absolute atomic E-state index is 0.169. The first-order valence-electron chi connectivity index (χ1n) is 7.03. The minimum atomic E-state index is -0.391. The first-order valence-corrected chi connectivity index (χ1v) is 7.03. The van der Waals surface area contributed by atoms with Crippen molar-refractivity contribution in [3.05, 3.63) is 35.6 Å². The van der Waals surface area contributed by atoms with E-state index >= 15 is 0 Å². The molecule has 2 amide bonds. The molecule has 0 unspecified atom stereocenters. The third-order valence-electron chi connectivity index (χ3n) is 3.26. The highest BCUT2D eigenvalue weighted by molar-refractivity contribution is 6.39. The molecular weight excluding hydrogens is 289 g/mol. The van der Waals surface area contributed by atoms with Gasteiger partial charge in [0.2, 0.25) is 5.91 Å². The van der Waals surface area contributed by atoms with Crippen LogP contribution in [0.15, 0.2) is 29.4 Å². The average molecular weight is 307 g/mol. The molecule has 1 aliphatic rings.